The molecule has 0 spiro atoms. The van der Waals surface area contributed by atoms with Crippen LogP contribution in [-0.4, -0.2) is 53.4 Å². The van der Waals surface area contributed by atoms with Crippen LogP contribution in [0.25, 0.3) is 16.9 Å². The summed E-state index contributed by atoms with van der Waals surface area (Å²) in [4.78, 5) is 30.9. The van der Waals surface area contributed by atoms with Gasteiger partial charge in [0, 0.05) is 37.7 Å². The van der Waals surface area contributed by atoms with Crippen molar-refractivity contribution in [2.45, 2.75) is 6.42 Å². The third-order valence-electron chi connectivity index (χ3n) is 6.27. The van der Waals surface area contributed by atoms with Gasteiger partial charge in [0.05, 0.1) is 28.6 Å². The standard InChI is InChI=1S/C28H27ClN6O3/c1-30-25-9-5-8-23(32-25)19-10-11-22(29)21(14-19)27(36)33-26-15-24(28(37)31-16-18-12-13-38-17-18)34-35(26)20-6-3-2-4-7-20/h2-11,14-15,18H,12-13,16-17H2,1H3,(H,30,32)(H,31,37)(H,33,36). The Balaban J connectivity index is 1.42. The molecule has 0 radical (unpaired) electrons. The van der Waals surface area contributed by atoms with Crippen molar-refractivity contribution in [2.75, 3.05) is 37.4 Å². The van der Waals surface area contributed by atoms with Crippen molar-refractivity contribution in [3.8, 4) is 16.9 Å². The van der Waals surface area contributed by atoms with Gasteiger partial charge in [0.1, 0.15) is 11.6 Å². The molecule has 2 amide bonds. The Morgan fingerprint density at radius 1 is 1.05 bits per heavy atom. The fraction of sp³-hybridized carbons (Fsp3) is 0.214. The van der Waals surface area contributed by atoms with E-state index >= 15 is 0 Å². The Kier molecular flexibility index (Phi) is 7.67. The number of amides is 2. The van der Waals surface area contributed by atoms with E-state index in [2.05, 4.69) is 26.0 Å². The third kappa shape index (κ3) is 5.69. The number of halogens is 1. The van der Waals surface area contributed by atoms with Crippen LogP contribution in [0.1, 0.15) is 27.3 Å². The Labute approximate surface area is 225 Å². The van der Waals surface area contributed by atoms with Gasteiger partial charge < -0.3 is 20.7 Å². The van der Waals surface area contributed by atoms with Crippen LogP contribution < -0.4 is 16.0 Å². The van der Waals surface area contributed by atoms with E-state index in [-0.39, 0.29) is 23.1 Å². The number of hydrogen-bond acceptors (Lipinski definition) is 6. The van der Waals surface area contributed by atoms with E-state index in [4.69, 9.17) is 16.3 Å². The van der Waals surface area contributed by atoms with Crippen LogP contribution in [0.4, 0.5) is 11.6 Å². The van der Waals surface area contributed by atoms with E-state index in [1.807, 2.05) is 54.6 Å². The lowest BCUT2D eigenvalue weighted by Crippen LogP contribution is -2.29. The zero-order chi connectivity index (χ0) is 26.5. The number of hydrogen-bond donors (Lipinski definition) is 3. The lowest BCUT2D eigenvalue weighted by Gasteiger charge is -2.11. The first-order chi connectivity index (χ1) is 18.5. The predicted octanol–water partition coefficient (Wildman–Crippen LogP) is 4.65. The molecule has 5 rings (SSSR count). The number of rotatable bonds is 8. The average Bonchev–Trinajstić information content (AvgIpc) is 3.63. The maximum absolute atomic E-state index is 13.4. The second-order valence-corrected chi connectivity index (χ2v) is 9.32. The molecule has 10 heteroatoms. The van der Waals surface area contributed by atoms with Gasteiger partial charge in [-0.3, -0.25) is 9.59 Å². The van der Waals surface area contributed by atoms with Crippen molar-refractivity contribution in [3.63, 3.8) is 0 Å². The molecule has 0 bridgehead atoms. The SMILES string of the molecule is CNc1cccc(-c2ccc(Cl)c(C(=O)Nc3cc(C(=O)NCC4CCOC4)nn3-c3ccccc3)c2)n1. The number of nitrogens with zero attached hydrogens (tertiary/aromatic N) is 3. The first kappa shape index (κ1) is 25.4. The molecule has 0 aliphatic carbocycles. The van der Waals surface area contributed by atoms with Gasteiger partial charge in [-0.05, 0) is 42.8 Å². The highest BCUT2D eigenvalue weighted by Crippen LogP contribution is 2.27. The molecular formula is C28H27ClN6O3. The van der Waals surface area contributed by atoms with E-state index in [0.29, 0.717) is 47.8 Å². The summed E-state index contributed by atoms with van der Waals surface area (Å²) in [7, 11) is 1.79. The lowest BCUT2D eigenvalue weighted by atomic mass is 10.1. The van der Waals surface area contributed by atoms with Gasteiger partial charge in [0.2, 0.25) is 0 Å². The quantitative estimate of drug-likeness (QED) is 0.306. The fourth-order valence-corrected chi connectivity index (χ4v) is 4.40. The molecule has 4 aromatic rings. The molecule has 38 heavy (non-hydrogen) atoms. The zero-order valence-electron chi connectivity index (χ0n) is 20.8. The van der Waals surface area contributed by atoms with Gasteiger partial charge in [0.15, 0.2) is 5.69 Å². The normalized spacial score (nSPS) is 14.7. The summed E-state index contributed by atoms with van der Waals surface area (Å²) in [5.74, 6) is 0.576. The van der Waals surface area contributed by atoms with Gasteiger partial charge in [-0.1, -0.05) is 41.9 Å². The van der Waals surface area contributed by atoms with Crippen LogP contribution in [0.5, 0.6) is 0 Å². The van der Waals surface area contributed by atoms with Gasteiger partial charge >= 0.3 is 0 Å². The van der Waals surface area contributed by atoms with Crippen LogP contribution in [-0.2, 0) is 4.74 Å². The first-order valence-corrected chi connectivity index (χ1v) is 12.7. The first-order valence-electron chi connectivity index (χ1n) is 12.3. The van der Waals surface area contributed by atoms with Crippen LogP contribution in [0.15, 0.2) is 72.8 Å². The molecule has 1 saturated heterocycles. The number of nitrogens with one attached hydrogen (secondary N) is 3. The van der Waals surface area contributed by atoms with Crippen molar-refractivity contribution < 1.29 is 14.3 Å². The Morgan fingerprint density at radius 3 is 2.66 bits per heavy atom. The average molecular weight is 531 g/mol. The van der Waals surface area contributed by atoms with E-state index in [1.165, 1.54) is 4.68 Å². The van der Waals surface area contributed by atoms with Crippen LogP contribution in [0.3, 0.4) is 0 Å². The van der Waals surface area contributed by atoms with Crippen molar-refractivity contribution in [1.82, 2.24) is 20.1 Å². The zero-order valence-corrected chi connectivity index (χ0v) is 21.5. The molecule has 2 aromatic carbocycles. The van der Waals surface area contributed by atoms with Crippen LogP contribution in [0.2, 0.25) is 5.02 Å². The molecule has 1 atom stereocenters. The largest absolute Gasteiger partial charge is 0.381 e. The molecule has 1 aliphatic rings. The van der Waals surface area contributed by atoms with Gasteiger partial charge in [-0.25, -0.2) is 9.67 Å². The second-order valence-electron chi connectivity index (χ2n) is 8.91. The number of benzene rings is 2. The van der Waals surface area contributed by atoms with Crippen LogP contribution in [0, 0.1) is 5.92 Å². The van der Waals surface area contributed by atoms with E-state index in [0.717, 1.165) is 12.0 Å². The van der Waals surface area contributed by atoms with Gasteiger partial charge in [0.25, 0.3) is 11.8 Å². The summed E-state index contributed by atoms with van der Waals surface area (Å²) in [5.41, 5.74) is 2.59. The van der Waals surface area contributed by atoms with Crippen molar-refractivity contribution >= 4 is 35.1 Å². The predicted molar refractivity (Wildman–Crippen MR) is 147 cm³/mol. The number of carbonyl (C=O) groups is 2. The highest BCUT2D eigenvalue weighted by molar-refractivity contribution is 6.34. The monoisotopic (exact) mass is 530 g/mol. The van der Waals surface area contributed by atoms with Crippen molar-refractivity contribution in [1.29, 1.82) is 0 Å². The number of pyridine rings is 1. The fourth-order valence-electron chi connectivity index (χ4n) is 4.20. The summed E-state index contributed by atoms with van der Waals surface area (Å²) in [6, 6.07) is 21.6. The van der Waals surface area contributed by atoms with E-state index in [1.54, 1.807) is 25.2 Å². The molecule has 1 unspecified atom stereocenters. The third-order valence-corrected chi connectivity index (χ3v) is 6.60. The molecule has 1 aliphatic heterocycles. The van der Waals surface area contributed by atoms with Gasteiger partial charge in [-0.2, -0.15) is 5.10 Å². The Bertz CT molecular complexity index is 1450. The summed E-state index contributed by atoms with van der Waals surface area (Å²) in [6.07, 6.45) is 0.911. The second kappa shape index (κ2) is 11.5. The van der Waals surface area contributed by atoms with Crippen molar-refractivity contribution in [3.05, 3.63) is 89.1 Å². The molecule has 9 nitrogen and oxygen atoms in total. The number of para-hydroxylation sites is 1. The number of ether oxygens (including phenoxy) is 1. The number of anilines is 2. The molecule has 3 N–H and O–H groups in total. The maximum atomic E-state index is 13.4. The molecule has 194 valence electrons. The number of carbonyl (C=O) groups excluding carboxylic acids is 2. The Morgan fingerprint density at radius 2 is 1.89 bits per heavy atom. The maximum Gasteiger partial charge on any atom is 0.271 e. The van der Waals surface area contributed by atoms with E-state index < -0.39 is 5.91 Å². The number of aromatic nitrogens is 3. The smallest absolute Gasteiger partial charge is 0.271 e. The summed E-state index contributed by atoms with van der Waals surface area (Å²) >= 11 is 6.43. The lowest BCUT2D eigenvalue weighted by molar-refractivity contribution is 0.0938. The van der Waals surface area contributed by atoms with Gasteiger partial charge in [-0.15, -0.1) is 0 Å². The summed E-state index contributed by atoms with van der Waals surface area (Å²) < 4.78 is 6.91. The minimum absolute atomic E-state index is 0.191. The summed E-state index contributed by atoms with van der Waals surface area (Å²) in [6.45, 7) is 1.85. The molecule has 0 saturated carbocycles. The molecule has 2 aromatic heterocycles. The van der Waals surface area contributed by atoms with Crippen LogP contribution >= 0.6 is 11.6 Å². The minimum Gasteiger partial charge on any atom is -0.381 e. The Hall–Kier alpha value is -4.21. The topological polar surface area (TPSA) is 110 Å². The summed E-state index contributed by atoms with van der Waals surface area (Å²) in [5, 5.41) is 13.6. The minimum atomic E-state index is -0.436. The highest BCUT2D eigenvalue weighted by atomic mass is 35.5. The van der Waals surface area contributed by atoms with Crippen molar-refractivity contribution in [2.24, 2.45) is 5.92 Å². The highest BCUT2D eigenvalue weighted by Gasteiger charge is 2.21. The molecule has 3 heterocycles. The molecule has 1 fully saturated rings. The molecular weight excluding hydrogens is 504 g/mol. The van der Waals surface area contributed by atoms with E-state index in [9.17, 15) is 9.59 Å².